The van der Waals surface area contributed by atoms with Gasteiger partial charge < -0.3 is 0 Å². The van der Waals surface area contributed by atoms with Crippen molar-refractivity contribution in [1.82, 2.24) is 0 Å². The molecule has 0 spiro atoms. The molecule has 0 atom stereocenters. The first-order valence-electron chi connectivity index (χ1n) is 0.582. The first-order valence-corrected chi connectivity index (χ1v) is 2.17. The molecule has 0 N–H and O–H groups in total. The van der Waals surface area contributed by atoms with Crippen LogP contribution in [0.15, 0.2) is 0 Å². The molecule has 0 unspecified atom stereocenters. The predicted octanol–water partition coefficient (Wildman–Crippen LogP) is 1.89. The van der Waals surface area contributed by atoms with Crippen LogP contribution in [-0.4, -0.2) is 3.60 Å². The van der Waals surface area contributed by atoms with Crippen molar-refractivity contribution in [3.63, 3.8) is 0 Å². The normalized spacial score (nSPS) is 5.20. The molecule has 0 aromatic rings. The van der Waals surface area contributed by atoms with Crippen molar-refractivity contribution in [2.75, 3.05) is 0 Å². The molecule has 0 fully saturated rings. The largest absolute Gasteiger partial charge is 0.273 e. The van der Waals surface area contributed by atoms with E-state index < -0.39 is 0 Å². The second-order valence-corrected chi connectivity index (χ2v) is 2.73. The van der Waals surface area contributed by atoms with Gasteiger partial charge in [0.2, 0.25) is 0 Å². The molecule has 0 aromatic heterocycles. The zero-order chi connectivity index (χ0) is 3.58. The van der Waals surface area contributed by atoms with Crippen molar-refractivity contribution < 1.29 is 21.6 Å². The predicted molar refractivity (Wildman–Crippen MR) is 23.2 cm³/mol. The van der Waals surface area contributed by atoms with E-state index in [2.05, 4.69) is 31.9 Å². The molecule has 0 rings (SSSR count). The smallest absolute Gasteiger partial charge is 0.262 e. The van der Waals surface area contributed by atoms with Crippen LogP contribution in [0.1, 0.15) is 0 Å². The van der Waals surface area contributed by atoms with Crippen LogP contribution >= 0.6 is 31.9 Å². The van der Waals surface area contributed by atoms with E-state index in [-0.39, 0.29) is 20.4 Å². The summed E-state index contributed by atoms with van der Waals surface area (Å²) in [5.74, 6) is 0. The third-order valence-corrected chi connectivity index (χ3v) is 0. The molecular formula is CBr2CoO. The van der Waals surface area contributed by atoms with E-state index in [1.165, 1.54) is 0 Å². The third kappa shape index (κ3) is 39.1. The molecule has 5 heavy (non-hydrogen) atoms. The Morgan fingerprint density at radius 2 is 1.40 bits per heavy atom. The topological polar surface area (TPSA) is 17.1 Å². The van der Waals surface area contributed by atoms with Crippen LogP contribution < -0.4 is 0 Å². The Morgan fingerprint density at radius 3 is 1.40 bits per heavy atom. The fourth-order valence-electron chi connectivity index (χ4n) is 0. The van der Waals surface area contributed by atoms with Crippen LogP contribution in [0.2, 0.25) is 0 Å². The van der Waals surface area contributed by atoms with Crippen molar-refractivity contribution in [2.24, 2.45) is 0 Å². The molecule has 0 amide bonds. The molecule has 0 aliphatic carbocycles. The maximum absolute atomic E-state index is 9.28. The van der Waals surface area contributed by atoms with Gasteiger partial charge in [0.1, 0.15) is 0 Å². The van der Waals surface area contributed by atoms with Crippen LogP contribution in [-0.2, 0) is 16.8 Å². The fourth-order valence-corrected chi connectivity index (χ4v) is 0. The zero-order valence-electron chi connectivity index (χ0n) is 2.00. The van der Waals surface area contributed by atoms with Crippen LogP contribution in [0.3, 0.4) is 0 Å². The van der Waals surface area contributed by atoms with Crippen molar-refractivity contribution >= 4 is 35.5 Å². The number of hydrogen-bond acceptors (Lipinski definition) is 1. The third-order valence-electron chi connectivity index (χ3n) is 0. The molecule has 1 nitrogen and oxygen atoms in total. The number of carbonyl (C=O) groups excluding carboxylic acids is 1. The Kier molecular flexibility index (Phi) is 9.72. The van der Waals surface area contributed by atoms with Crippen molar-refractivity contribution in [3.05, 3.63) is 0 Å². The number of carbonyl (C=O) groups is 1. The molecular weight excluding hydrogens is 247 g/mol. The molecule has 0 aliphatic heterocycles. The maximum Gasteiger partial charge on any atom is 0.262 e. The van der Waals surface area contributed by atoms with E-state index in [4.69, 9.17) is 0 Å². The minimum Gasteiger partial charge on any atom is -0.273 e. The summed E-state index contributed by atoms with van der Waals surface area (Å²) >= 11 is 5.10. The van der Waals surface area contributed by atoms with E-state index in [1.807, 2.05) is 0 Å². The summed E-state index contributed by atoms with van der Waals surface area (Å²) in [5, 5.41) is 0. The van der Waals surface area contributed by atoms with Gasteiger partial charge in [0.25, 0.3) is 3.60 Å². The summed E-state index contributed by atoms with van der Waals surface area (Å²) in [5.41, 5.74) is 0. The molecule has 0 aromatic carbocycles. The standard InChI is InChI=1S/CBr2O.Co/c2-1(3)4;. The van der Waals surface area contributed by atoms with Crippen LogP contribution in [0.25, 0.3) is 0 Å². The Bertz CT molecular complexity index is 32.6. The van der Waals surface area contributed by atoms with Gasteiger partial charge in [-0.15, -0.1) is 0 Å². The van der Waals surface area contributed by atoms with E-state index in [9.17, 15) is 4.79 Å². The fraction of sp³-hybridized carbons (Fsp3) is 0. The van der Waals surface area contributed by atoms with Gasteiger partial charge in [-0.25, -0.2) is 0 Å². The van der Waals surface area contributed by atoms with Crippen LogP contribution in [0, 0.1) is 0 Å². The second-order valence-electron chi connectivity index (χ2n) is 0.226. The van der Waals surface area contributed by atoms with Gasteiger partial charge in [0, 0.05) is 48.6 Å². The molecule has 0 bridgehead atoms. The van der Waals surface area contributed by atoms with Crippen molar-refractivity contribution in [1.29, 1.82) is 0 Å². The average Bonchev–Trinajstić information content (AvgIpc) is 0.811. The molecule has 0 heterocycles. The van der Waals surface area contributed by atoms with E-state index in [0.29, 0.717) is 0 Å². The zero-order valence-corrected chi connectivity index (χ0v) is 6.21. The molecule has 33 valence electrons. The Hall–Kier alpha value is 1.14. The average molecular weight is 247 g/mol. The molecule has 0 aliphatic rings. The molecule has 0 saturated heterocycles. The quantitative estimate of drug-likeness (QED) is 0.597. The minimum atomic E-state index is -0.208. The van der Waals surface area contributed by atoms with Crippen molar-refractivity contribution in [3.8, 4) is 0 Å². The van der Waals surface area contributed by atoms with Crippen molar-refractivity contribution in [2.45, 2.75) is 0 Å². The van der Waals surface area contributed by atoms with Crippen LogP contribution in [0.5, 0.6) is 0 Å². The van der Waals surface area contributed by atoms with E-state index in [0.717, 1.165) is 0 Å². The maximum atomic E-state index is 9.28. The summed E-state index contributed by atoms with van der Waals surface area (Å²) in [7, 11) is 0. The minimum absolute atomic E-state index is 0. The van der Waals surface area contributed by atoms with Gasteiger partial charge in [-0.05, 0) is 0 Å². The SMILES string of the molecule is O=C(Br)Br.[Co]. The van der Waals surface area contributed by atoms with Crippen LogP contribution in [0.4, 0.5) is 4.79 Å². The number of halogens is 2. The van der Waals surface area contributed by atoms with Gasteiger partial charge in [-0.1, -0.05) is 0 Å². The Balaban J connectivity index is 0. The Morgan fingerprint density at radius 1 is 1.40 bits per heavy atom. The summed E-state index contributed by atoms with van der Waals surface area (Å²) in [6.45, 7) is 0. The number of rotatable bonds is 0. The van der Waals surface area contributed by atoms with E-state index in [1.54, 1.807) is 0 Å². The molecule has 4 heteroatoms. The molecule has 1 radical (unpaired) electrons. The summed E-state index contributed by atoms with van der Waals surface area (Å²) in [4.78, 5) is 9.28. The first kappa shape index (κ1) is 9.46. The van der Waals surface area contributed by atoms with E-state index >= 15 is 0 Å². The number of hydrogen-bond donors (Lipinski definition) is 0. The summed E-state index contributed by atoms with van der Waals surface area (Å²) in [6, 6.07) is 0. The van der Waals surface area contributed by atoms with Gasteiger partial charge in [-0.2, -0.15) is 0 Å². The van der Waals surface area contributed by atoms with Gasteiger partial charge in [0.15, 0.2) is 0 Å². The van der Waals surface area contributed by atoms with Gasteiger partial charge in [0.05, 0.1) is 0 Å². The molecule has 0 saturated carbocycles. The monoisotopic (exact) mass is 245 g/mol. The Labute approximate surface area is 57.0 Å². The summed E-state index contributed by atoms with van der Waals surface area (Å²) < 4.78 is -0.208. The summed E-state index contributed by atoms with van der Waals surface area (Å²) in [6.07, 6.45) is 0. The first-order chi connectivity index (χ1) is 1.73. The second kappa shape index (κ2) is 5.14. The van der Waals surface area contributed by atoms with Gasteiger partial charge >= 0.3 is 0 Å². The van der Waals surface area contributed by atoms with Gasteiger partial charge in [-0.3, -0.25) is 4.79 Å².